The molecule has 3 rings (SSSR count). The standard InChI is InChI=1S/C21H19FN2O3S/c1-13-20(15-3-7-16(22)8-4-15)24-21(28-13)23-19(26)12-11-18(25)14-5-9-17(27-2)10-6-14/h3-10H,11-12H2,1-2H3,(H,23,24,26). The minimum absolute atomic E-state index is 0.0649. The molecule has 2 aromatic carbocycles. The molecule has 0 bridgehead atoms. The van der Waals surface area contributed by atoms with Crippen molar-refractivity contribution >= 4 is 28.2 Å². The third-order valence-corrected chi connectivity index (χ3v) is 5.04. The highest BCUT2D eigenvalue weighted by Gasteiger charge is 2.14. The second-order valence-corrected chi connectivity index (χ2v) is 7.33. The molecule has 0 aliphatic heterocycles. The van der Waals surface area contributed by atoms with Gasteiger partial charge >= 0.3 is 0 Å². The molecule has 1 aromatic heterocycles. The number of rotatable bonds is 7. The number of ketones is 1. The molecule has 0 radical (unpaired) electrons. The van der Waals surface area contributed by atoms with E-state index in [1.165, 1.54) is 23.5 Å². The van der Waals surface area contributed by atoms with Crippen LogP contribution in [0.4, 0.5) is 9.52 Å². The summed E-state index contributed by atoms with van der Waals surface area (Å²) in [6, 6.07) is 12.8. The minimum atomic E-state index is -0.313. The number of aromatic nitrogens is 1. The number of nitrogens with one attached hydrogen (secondary N) is 1. The van der Waals surface area contributed by atoms with Crippen LogP contribution < -0.4 is 10.1 Å². The van der Waals surface area contributed by atoms with Crippen molar-refractivity contribution in [2.75, 3.05) is 12.4 Å². The lowest BCUT2D eigenvalue weighted by atomic mass is 10.1. The summed E-state index contributed by atoms with van der Waals surface area (Å²) >= 11 is 1.34. The molecule has 0 spiro atoms. The molecule has 0 aliphatic rings. The van der Waals surface area contributed by atoms with Crippen molar-refractivity contribution in [3.63, 3.8) is 0 Å². The van der Waals surface area contributed by atoms with E-state index in [9.17, 15) is 14.0 Å². The summed E-state index contributed by atoms with van der Waals surface area (Å²) in [5, 5.41) is 3.19. The summed E-state index contributed by atoms with van der Waals surface area (Å²) in [6.07, 6.45) is 0.169. The first-order valence-electron chi connectivity index (χ1n) is 8.66. The van der Waals surface area contributed by atoms with Crippen LogP contribution in [0, 0.1) is 12.7 Å². The van der Waals surface area contributed by atoms with Crippen molar-refractivity contribution in [2.24, 2.45) is 0 Å². The van der Waals surface area contributed by atoms with Crippen LogP contribution in [0.15, 0.2) is 48.5 Å². The van der Waals surface area contributed by atoms with Gasteiger partial charge in [0.1, 0.15) is 11.6 Å². The van der Waals surface area contributed by atoms with Crippen LogP contribution in [0.5, 0.6) is 5.75 Å². The topological polar surface area (TPSA) is 68.3 Å². The van der Waals surface area contributed by atoms with E-state index in [1.807, 2.05) is 6.92 Å². The van der Waals surface area contributed by atoms with Gasteiger partial charge < -0.3 is 10.1 Å². The molecule has 1 heterocycles. The second kappa shape index (κ2) is 8.75. The average Bonchev–Trinajstić information content (AvgIpc) is 3.06. The van der Waals surface area contributed by atoms with Gasteiger partial charge in [0.05, 0.1) is 12.8 Å². The highest BCUT2D eigenvalue weighted by molar-refractivity contribution is 7.16. The van der Waals surface area contributed by atoms with Crippen molar-refractivity contribution in [3.05, 3.63) is 64.8 Å². The number of aryl methyl sites for hydroxylation is 1. The number of anilines is 1. The summed E-state index contributed by atoms with van der Waals surface area (Å²) in [5.41, 5.74) is 2.03. The van der Waals surface area contributed by atoms with Crippen LogP contribution in [0.25, 0.3) is 11.3 Å². The molecule has 0 unspecified atom stereocenters. The lowest BCUT2D eigenvalue weighted by Gasteiger charge is -2.03. The molecule has 3 aromatic rings. The number of methoxy groups -OCH3 is 1. The first-order valence-corrected chi connectivity index (χ1v) is 9.48. The van der Waals surface area contributed by atoms with E-state index in [0.29, 0.717) is 22.1 Å². The Morgan fingerprint density at radius 3 is 2.39 bits per heavy atom. The molecule has 7 heteroatoms. The Morgan fingerprint density at radius 2 is 1.75 bits per heavy atom. The molecule has 0 aliphatic carbocycles. The third kappa shape index (κ3) is 4.80. The zero-order valence-corrected chi connectivity index (χ0v) is 16.3. The molecule has 0 fully saturated rings. The number of carbonyl (C=O) groups is 2. The largest absolute Gasteiger partial charge is 0.497 e. The molecule has 0 atom stereocenters. The van der Waals surface area contributed by atoms with Gasteiger partial charge in [-0.2, -0.15) is 0 Å². The molecular formula is C21H19FN2O3S. The fourth-order valence-corrected chi connectivity index (χ4v) is 3.51. The quantitative estimate of drug-likeness (QED) is 0.577. The zero-order valence-electron chi connectivity index (χ0n) is 15.5. The summed E-state index contributed by atoms with van der Waals surface area (Å²) in [7, 11) is 1.56. The maximum absolute atomic E-state index is 13.1. The number of benzene rings is 2. The van der Waals surface area contributed by atoms with Crippen LogP contribution in [0.3, 0.4) is 0 Å². The van der Waals surface area contributed by atoms with E-state index in [-0.39, 0.29) is 30.3 Å². The van der Waals surface area contributed by atoms with E-state index in [1.54, 1.807) is 43.5 Å². The maximum atomic E-state index is 13.1. The number of thiazole rings is 1. The number of Topliss-reactive ketones (excluding diaryl/α,β-unsaturated/α-hetero) is 1. The van der Waals surface area contributed by atoms with Crippen LogP contribution >= 0.6 is 11.3 Å². The average molecular weight is 398 g/mol. The zero-order chi connectivity index (χ0) is 20.1. The van der Waals surface area contributed by atoms with Crippen molar-refractivity contribution in [1.29, 1.82) is 0 Å². The Bertz CT molecular complexity index is 982. The summed E-state index contributed by atoms with van der Waals surface area (Å²) in [6.45, 7) is 1.89. The fourth-order valence-electron chi connectivity index (χ4n) is 2.66. The van der Waals surface area contributed by atoms with Gasteiger partial charge in [-0.15, -0.1) is 11.3 Å². The van der Waals surface area contributed by atoms with E-state index in [0.717, 1.165) is 10.4 Å². The number of ether oxygens (including phenoxy) is 1. The number of hydrogen-bond donors (Lipinski definition) is 1. The van der Waals surface area contributed by atoms with E-state index < -0.39 is 0 Å². The normalized spacial score (nSPS) is 10.5. The lowest BCUT2D eigenvalue weighted by Crippen LogP contribution is -2.13. The number of carbonyl (C=O) groups excluding carboxylic acids is 2. The van der Waals surface area contributed by atoms with Crippen molar-refractivity contribution in [3.8, 4) is 17.0 Å². The van der Waals surface area contributed by atoms with Crippen molar-refractivity contribution in [1.82, 2.24) is 4.98 Å². The van der Waals surface area contributed by atoms with Crippen LogP contribution in [0.1, 0.15) is 28.1 Å². The molecule has 28 heavy (non-hydrogen) atoms. The highest BCUT2D eigenvalue weighted by atomic mass is 32.1. The molecule has 5 nitrogen and oxygen atoms in total. The van der Waals surface area contributed by atoms with Gasteiger partial charge in [-0.1, -0.05) is 0 Å². The second-order valence-electron chi connectivity index (χ2n) is 6.13. The Balaban J connectivity index is 1.58. The first-order chi connectivity index (χ1) is 13.5. The summed E-state index contributed by atoms with van der Waals surface area (Å²) in [4.78, 5) is 29.7. The number of nitrogens with zero attached hydrogens (tertiary/aromatic N) is 1. The van der Waals surface area contributed by atoms with E-state index >= 15 is 0 Å². The van der Waals surface area contributed by atoms with Crippen molar-refractivity contribution in [2.45, 2.75) is 19.8 Å². The molecular weight excluding hydrogens is 379 g/mol. The SMILES string of the molecule is COc1ccc(C(=O)CCC(=O)Nc2nc(-c3ccc(F)cc3)c(C)s2)cc1. The predicted octanol–water partition coefficient (Wildman–Crippen LogP) is 4.87. The molecule has 0 saturated heterocycles. The Labute approximate surface area is 166 Å². The lowest BCUT2D eigenvalue weighted by molar-refractivity contribution is -0.116. The molecule has 0 saturated carbocycles. The summed E-state index contributed by atoms with van der Waals surface area (Å²) in [5.74, 6) is -0.0292. The first kappa shape index (κ1) is 19.7. The molecule has 1 N–H and O–H groups in total. The highest BCUT2D eigenvalue weighted by Crippen LogP contribution is 2.30. The number of halogens is 1. The molecule has 144 valence electrons. The van der Waals surface area contributed by atoms with Gasteiger partial charge in [0.25, 0.3) is 0 Å². The van der Waals surface area contributed by atoms with E-state index in [2.05, 4.69) is 10.3 Å². The van der Waals surface area contributed by atoms with E-state index in [4.69, 9.17) is 4.74 Å². The van der Waals surface area contributed by atoms with Gasteiger partial charge in [0.15, 0.2) is 10.9 Å². The van der Waals surface area contributed by atoms with Gasteiger partial charge in [0.2, 0.25) is 5.91 Å². The Kier molecular flexibility index (Phi) is 6.16. The van der Waals surface area contributed by atoms with Gasteiger partial charge in [-0.05, 0) is 55.5 Å². The Morgan fingerprint density at radius 1 is 1.07 bits per heavy atom. The van der Waals surface area contributed by atoms with Crippen LogP contribution in [-0.2, 0) is 4.79 Å². The maximum Gasteiger partial charge on any atom is 0.226 e. The fraction of sp³-hybridized carbons (Fsp3) is 0.190. The minimum Gasteiger partial charge on any atom is -0.497 e. The third-order valence-electron chi connectivity index (χ3n) is 4.15. The smallest absolute Gasteiger partial charge is 0.226 e. The Hall–Kier alpha value is -3.06. The van der Waals surface area contributed by atoms with Crippen LogP contribution in [0.2, 0.25) is 0 Å². The predicted molar refractivity (Wildman–Crippen MR) is 107 cm³/mol. The van der Waals surface area contributed by atoms with Crippen LogP contribution in [-0.4, -0.2) is 23.8 Å². The monoisotopic (exact) mass is 398 g/mol. The summed E-state index contributed by atoms with van der Waals surface area (Å²) < 4.78 is 18.1. The number of amides is 1. The van der Waals surface area contributed by atoms with Crippen molar-refractivity contribution < 1.29 is 18.7 Å². The number of hydrogen-bond acceptors (Lipinski definition) is 5. The van der Waals surface area contributed by atoms with Gasteiger partial charge in [0, 0.05) is 28.8 Å². The molecule has 1 amide bonds. The van der Waals surface area contributed by atoms with Gasteiger partial charge in [-0.25, -0.2) is 9.37 Å². The van der Waals surface area contributed by atoms with Gasteiger partial charge in [-0.3, -0.25) is 9.59 Å².